The number of nitrogens with one attached hydrogen (secondary N) is 2. The third-order valence-electron chi connectivity index (χ3n) is 6.55. The van der Waals surface area contributed by atoms with Gasteiger partial charge in [-0.2, -0.15) is 0 Å². The van der Waals surface area contributed by atoms with Crippen LogP contribution in [0.15, 0.2) is 24.5 Å². The van der Waals surface area contributed by atoms with Gasteiger partial charge in [-0.25, -0.2) is 9.97 Å². The molecule has 4 heterocycles. The Labute approximate surface area is 164 Å². The second kappa shape index (κ2) is 6.44. The van der Waals surface area contributed by atoms with E-state index < -0.39 is 0 Å². The molecule has 146 valence electrons. The number of H-pyrrole nitrogens is 2. The minimum atomic E-state index is -0.0310. The van der Waals surface area contributed by atoms with Gasteiger partial charge in [-0.3, -0.25) is 9.69 Å². The van der Waals surface area contributed by atoms with E-state index in [9.17, 15) is 4.79 Å². The maximum Gasteiger partial charge on any atom is 0.226 e. The van der Waals surface area contributed by atoms with Crippen molar-refractivity contribution in [3.05, 3.63) is 47.3 Å². The van der Waals surface area contributed by atoms with Crippen LogP contribution in [0.25, 0.3) is 11.0 Å². The number of likely N-dealkylation sites (N-methyl/N-ethyl adjacent to an activating group) is 1. The molecular weight excluding hydrogens is 352 g/mol. The Hall–Kier alpha value is -2.67. The Bertz CT molecular complexity index is 1030. The van der Waals surface area contributed by atoms with Gasteiger partial charge >= 0.3 is 0 Å². The highest BCUT2D eigenvalue weighted by Crippen LogP contribution is 2.41. The number of carbonyl (C=O) groups is 1. The Morgan fingerprint density at radius 1 is 1.25 bits per heavy atom. The number of hydrogen-bond donors (Lipinski definition) is 2. The van der Waals surface area contributed by atoms with Crippen molar-refractivity contribution >= 4 is 16.9 Å². The number of carbonyl (C=O) groups excluding carboxylic acids is 1. The van der Waals surface area contributed by atoms with Crippen LogP contribution in [0.3, 0.4) is 0 Å². The first kappa shape index (κ1) is 17.4. The Kier molecular flexibility index (Phi) is 4.01. The number of amides is 1. The lowest BCUT2D eigenvalue weighted by atomic mass is 9.79. The van der Waals surface area contributed by atoms with Crippen molar-refractivity contribution in [2.24, 2.45) is 0 Å². The molecule has 2 aromatic heterocycles. The lowest BCUT2D eigenvalue weighted by Gasteiger charge is -2.49. The number of nitrogens with zero attached hydrogens (tertiary/aromatic N) is 4. The number of aromatic amines is 2. The zero-order valence-electron chi connectivity index (χ0n) is 16.5. The van der Waals surface area contributed by atoms with E-state index in [4.69, 9.17) is 0 Å². The SMILES string of the molecule is Cc1nc2ccc(CC(=O)N3CCC4(CC3)c3nc[nH]c3CCN4C)cc2[nH]1. The number of imidazole rings is 2. The summed E-state index contributed by atoms with van der Waals surface area (Å²) < 4.78 is 0. The number of hydrogen-bond acceptors (Lipinski definition) is 4. The van der Waals surface area contributed by atoms with E-state index in [-0.39, 0.29) is 11.4 Å². The molecule has 1 fully saturated rings. The van der Waals surface area contributed by atoms with E-state index in [1.165, 1.54) is 11.4 Å². The molecule has 0 aliphatic carbocycles. The summed E-state index contributed by atoms with van der Waals surface area (Å²) in [6.07, 6.45) is 5.14. The average Bonchev–Trinajstić information content (AvgIpc) is 3.31. The van der Waals surface area contributed by atoms with Gasteiger partial charge in [-0.1, -0.05) is 6.07 Å². The van der Waals surface area contributed by atoms with Crippen molar-refractivity contribution in [2.45, 2.75) is 38.1 Å². The first-order chi connectivity index (χ1) is 13.5. The van der Waals surface area contributed by atoms with Crippen LogP contribution in [0.2, 0.25) is 0 Å². The van der Waals surface area contributed by atoms with Crippen LogP contribution in [0.4, 0.5) is 0 Å². The smallest absolute Gasteiger partial charge is 0.226 e. The topological polar surface area (TPSA) is 80.9 Å². The van der Waals surface area contributed by atoms with E-state index in [0.717, 1.165) is 61.3 Å². The highest BCUT2D eigenvalue weighted by molar-refractivity contribution is 5.82. The third-order valence-corrected chi connectivity index (χ3v) is 6.55. The number of piperidine rings is 1. The minimum Gasteiger partial charge on any atom is -0.348 e. The van der Waals surface area contributed by atoms with Crippen molar-refractivity contribution in [2.75, 3.05) is 26.7 Å². The van der Waals surface area contributed by atoms with Gasteiger partial charge < -0.3 is 14.9 Å². The van der Waals surface area contributed by atoms with Crippen molar-refractivity contribution in [3.63, 3.8) is 0 Å². The summed E-state index contributed by atoms with van der Waals surface area (Å²) in [4.78, 5) is 33.0. The average molecular weight is 378 g/mol. The molecule has 0 radical (unpaired) electrons. The van der Waals surface area contributed by atoms with Crippen LogP contribution in [-0.2, 0) is 23.2 Å². The number of benzene rings is 1. The van der Waals surface area contributed by atoms with Gasteiger partial charge in [0.15, 0.2) is 0 Å². The minimum absolute atomic E-state index is 0.0310. The van der Waals surface area contributed by atoms with Crippen LogP contribution in [-0.4, -0.2) is 62.3 Å². The molecule has 28 heavy (non-hydrogen) atoms. The number of aromatic nitrogens is 4. The van der Waals surface area contributed by atoms with Crippen LogP contribution in [0.1, 0.15) is 35.6 Å². The summed E-state index contributed by atoms with van der Waals surface area (Å²) in [6, 6.07) is 6.04. The van der Waals surface area contributed by atoms with Gasteiger partial charge in [-0.05, 0) is 44.5 Å². The zero-order chi connectivity index (χ0) is 19.3. The fraction of sp³-hybridized carbons (Fsp3) is 0.476. The molecule has 2 aliphatic heterocycles. The lowest BCUT2D eigenvalue weighted by Crippen LogP contribution is -2.55. The molecule has 1 aromatic carbocycles. The van der Waals surface area contributed by atoms with Crippen LogP contribution < -0.4 is 0 Å². The van der Waals surface area contributed by atoms with Gasteiger partial charge in [0.2, 0.25) is 5.91 Å². The fourth-order valence-electron chi connectivity index (χ4n) is 4.91. The second-order valence-electron chi connectivity index (χ2n) is 8.16. The van der Waals surface area contributed by atoms with E-state index >= 15 is 0 Å². The summed E-state index contributed by atoms with van der Waals surface area (Å²) in [6.45, 7) is 4.54. The molecule has 1 spiro atoms. The quantitative estimate of drug-likeness (QED) is 0.716. The molecule has 1 saturated heterocycles. The number of aryl methyl sites for hydroxylation is 1. The molecule has 7 heteroatoms. The van der Waals surface area contributed by atoms with E-state index in [2.05, 4.69) is 31.9 Å². The van der Waals surface area contributed by atoms with Crippen molar-refractivity contribution in [1.82, 2.24) is 29.7 Å². The van der Waals surface area contributed by atoms with Gasteiger partial charge in [0.1, 0.15) is 5.82 Å². The van der Waals surface area contributed by atoms with Crippen LogP contribution in [0.5, 0.6) is 0 Å². The van der Waals surface area contributed by atoms with E-state index in [1.54, 1.807) is 0 Å². The first-order valence-electron chi connectivity index (χ1n) is 10.0. The van der Waals surface area contributed by atoms with Gasteiger partial charge in [0.05, 0.1) is 35.0 Å². The Balaban J connectivity index is 1.29. The highest BCUT2D eigenvalue weighted by atomic mass is 16.2. The molecule has 7 nitrogen and oxygen atoms in total. The molecule has 1 amide bonds. The third kappa shape index (κ3) is 2.73. The van der Waals surface area contributed by atoms with Gasteiger partial charge in [-0.15, -0.1) is 0 Å². The second-order valence-corrected chi connectivity index (χ2v) is 8.16. The molecule has 0 unspecified atom stereocenters. The molecule has 2 N–H and O–H groups in total. The van der Waals surface area contributed by atoms with Gasteiger partial charge in [0.25, 0.3) is 0 Å². The molecule has 0 saturated carbocycles. The monoisotopic (exact) mass is 378 g/mol. The van der Waals surface area contributed by atoms with Crippen LogP contribution in [0, 0.1) is 6.92 Å². The van der Waals surface area contributed by atoms with E-state index in [1.807, 2.05) is 36.4 Å². The predicted molar refractivity (Wildman–Crippen MR) is 107 cm³/mol. The molecule has 0 atom stereocenters. The molecule has 3 aromatic rings. The first-order valence-corrected chi connectivity index (χ1v) is 10.0. The fourth-order valence-corrected chi connectivity index (χ4v) is 4.91. The zero-order valence-corrected chi connectivity index (χ0v) is 16.5. The summed E-state index contributed by atoms with van der Waals surface area (Å²) in [5.74, 6) is 1.10. The summed E-state index contributed by atoms with van der Waals surface area (Å²) in [5.41, 5.74) is 5.40. The molecule has 5 rings (SSSR count). The number of rotatable bonds is 2. The molecule has 0 bridgehead atoms. The molecular formula is C21H26N6O. The van der Waals surface area contributed by atoms with Gasteiger partial charge in [0, 0.05) is 31.7 Å². The highest BCUT2D eigenvalue weighted by Gasteiger charge is 2.45. The maximum atomic E-state index is 12.9. The predicted octanol–water partition coefficient (Wildman–Crippen LogP) is 2.14. The number of likely N-dealkylation sites (tertiary alicyclic amines) is 1. The standard InChI is InChI=1S/C21H26N6O/c1-14-24-16-4-3-15(11-18(16)25-14)12-19(28)27-9-6-21(7-10-27)20-17(22-13-23-20)5-8-26(21)2/h3-4,11,13H,5-10,12H2,1-2H3,(H,22,23)(H,24,25). The normalized spacial score (nSPS) is 19.3. The maximum absolute atomic E-state index is 12.9. The Morgan fingerprint density at radius 2 is 2.07 bits per heavy atom. The summed E-state index contributed by atoms with van der Waals surface area (Å²) in [5, 5.41) is 0. The summed E-state index contributed by atoms with van der Waals surface area (Å²) in [7, 11) is 2.19. The lowest BCUT2D eigenvalue weighted by molar-refractivity contribution is -0.133. The van der Waals surface area contributed by atoms with Crippen molar-refractivity contribution in [3.8, 4) is 0 Å². The van der Waals surface area contributed by atoms with E-state index in [0.29, 0.717) is 6.42 Å². The van der Waals surface area contributed by atoms with Crippen LogP contribution >= 0.6 is 0 Å². The largest absolute Gasteiger partial charge is 0.348 e. The van der Waals surface area contributed by atoms with Crippen molar-refractivity contribution < 1.29 is 4.79 Å². The summed E-state index contributed by atoms with van der Waals surface area (Å²) >= 11 is 0. The number of fused-ring (bicyclic) bond motifs is 3. The molecule has 2 aliphatic rings. The van der Waals surface area contributed by atoms with Crippen molar-refractivity contribution in [1.29, 1.82) is 0 Å². The Morgan fingerprint density at radius 3 is 2.89 bits per heavy atom.